The summed E-state index contributed by atoms with van der Waals surface area (Å²) in [5.74, 6) is 0.376. The molecule has 0 aromatic heterocycles. The second kappa shape index (κ2) is 6.76. The van der Waals surface area contributed by atoms with E-state index >= 15 is 0 Å². The molecule has 4 aliphatic carbocycles. The number of aliphatic hydroxyl groups is 1. The molecule has 0 unspecified atom stereocenters. The summed E-state index contributed by atoms with van der Waals surface area (Å²) in [6, 6.07) is 0. The number of esters is 1. The van der Waals surface area contributed by atoms with Gasteiger partial charge in [-0.25, -0.2) is 0 Å². The summed E-state index contributed by atoms with van der Waals surface area (Å²) in [4.78, 5) is 36.3. The zero-order valence-electron chi connectivity index (χ0n) is 18.1. The Kier molecular flexibility index (Phi) is 4.84. The largest absolute Gasteiger partial charge is 0.458 e. The maximum atomic E-state index is 13.0. The Morgan fingerprint density at radius 1 is 1.28 bits per heavy atom. The van der Waals surface area contributed by atoms with E-state index in [9.17, 15) is 19.5 Å². The Hall–Kier alpha value is -1.49. The van der Waals surface area contributed by atoms with Gasteiger partial charge >= 0.3 is 5.97 Å². The number of hydrogen-bond donors (Lipinski definition) is 1. The number of hydrogen-bond acceptors (Lipinski definition) is 5. The molecule has 0 aliphatic heterocycles. The van der Waals surface area contributed by atoms with Gasteiger partial charge in [-0.05, 0) is 61.2 Å². The third-order valence-electron chi connectivity index (χ3n) is 9.26. The highest BCUT2D eigenvalue weighted by molar-refractivity contribution is 5.91. The molecule has 3 fully saturated rings. The van der Waals surface area contributed by atoms with Gasteiger partial charge in [-0.2, -0.15) is 0 Å². The summed E-state index contributed by atoms with van der Waals surface area (Å²) in [5, 5.41) is 11.7. The first kappa shape index (κ1) is 20.8. The molecule has 4 aliphatic rings. The molecule has 0 bridgehead atoms. The molecule has 0 amide bonds. The Morgan fingerprint density at radius 2 is 2.00 bits per heavy atom. The van der Waals surface area contributed by atoms with Crippen molar-refractivity contribution in [3.8, 4) is 0 Å². The fourth-order valence-electron chi connectivity index (χ4n) is 7.53. The quantitative estimate of drug-likeness (QED) is 0.576. The van der Waals surface area contributed by atoms with E-state index in [1.54, 1.807) is 0 Å². The molecule has 7 atom stereocenters. The van der Waals surface area contributed by atoms with Crippen LogP contribution in [0.1, 0.15) is 72.6 Å². The number of rotatable bonds is 3. The van der Waals surface area contributed by atoms with Crippen LogP contribution in [0.5, 0.6) is 0 Å². The summed E-state index contributed by atoms with van der Waals surface area (Å²) < 4.78 is 4.96. The molecular weight excluding hydrogens is 368 g/mol. The molecule has 0 radical (unpaired) electrons. The molecule has 0 heterocycles. The van der Waals surface area contributed by atoms with Crippen LogP contribution in [0.4, 0.5) is 0 Å². The first-order valence-corrected chi connectivity index (χ1v) is 11.2. The van der Waals surface area contributed by atoms with Crippen LogP contribution >= 0.6 is 0 Å². The molecule has 3 saturated carbocycles. The topological polar surface area (TPSA) is 80.7 Å². The number of ether oxygens (including phenoxy) is 1. The lowest BCUT2D eigenvalue weighted by atomic mass is 9.48. The minimum atomic E-state index is -1.48. The third kappa shape index (κ3) is 2.79. The molecule has 0 saturated heterocycles. The third-order valence-corrected chi connectivity index (χ3v) is 9.26. The van der Waals surface area contributed by atoms with Crippen LogP contribution in [0.25, 0.3) is 0 Å². The minimum Gasteiger partial charge on any atom is -0.458 e. The van der Waals surface area contributed by atoms with Crippen molar-refractivity contribution in [3.05, 3.63) is 11.6 Å². The predicted octanol–water partition coefficient (Wildman–Crippen LogP) is 3.63. The van der Waals surface area contributed by atoms with E-state index in [4.69, 9.17) is 4.74 Å². The fraction of sp³-hybridized carbons (Fsp3) is 0.792. The molecule has 5 nitrogen and oxygen atoms in total. The average molecular weight is 403 g/mol. The second-order valence-corrected chi connectivity index (χ2v) is 10.5. The highest BCUT2D eigenvalue weighted by Gasteiger charge is 2.67. The Balaban J connectivity index is 1.67. The van der Waals surface area contributed by atoms with Crippen molar-refractivity contribution in [3.63, 3.8) is 0 Å². The maximum absolute atomic E-state index is 13.0. The van der Waals surface area contributed by atoms with Gasteiger partial charge in [0.1, 0.15) is 11.4 Å². The van der Waals surface area contributed by atoms with E-state index in [1.165, 1.54) is 12.5 Å². The molecule has 160 valence electrons. The highest BCUT2D eigenvalue weighted by Crippen LogP contribution is 2.67. The molecule has 4 rings (SSSR count). The molecule has 0 aromatic rings. The zero-order chi connectivity index (χ0) is 21.2. The summed E-state index contributed by atoms with van der Waals surface area (Å²) >= 11 is 0. The summed E-state index contributed by atoms with van der Waals surface area (Å²) in [6.07, 6.45) is 8.13. The van der Waals surface area contributed by atoms with Crippen molar-refractivity contribution in [2.24, 2.45) is 34.5 Å². The number of carbonyl (C=O) groups is 3. The number of Topliss-reactive ketones (excluding diaryl/α,β-unsaturated/α-hetero) is 2. The van der Waals surface area contributed by atoms with Gasteiger partial charge in [-0.1, -0.05) is 32.4 Å². The SMILES string of the molecule is CC(=O)OCC(=O)[C@]1(O)[C@@H](C)C[C@@H]2[C@H]3CC[C@@H]4CC(=O)CC[C@@]4(C)C3=CC[C@]21C. The van der Waals surface area contributed by atoms with E-state index in [1.807, 2.05) is 6.92 Å². The first-order valence-electron chi connectivity index (χ1n) is 11.2. The lowest BCUT2D eigenvalue weighted by molar-refractivity contribution is -0.167. The van der Waals surface area contributed by atoms with E-state index < -0.39 is 17.0 Å². The lowest BCUT2D eigenvalue weighted by Crippen LogP contribution is -2.58. The van der Waals surface area contributed by atoms with Gasteiger partial charge in [-0.3, -0.25) is 14.4 Å². The van der Waals surface area contributed by atoms with E-state index in [0.29, 0.717) is 36.9 Å². The van der Waals surface area contributed by atoms with Gasteiger partial charge in [0.2, 0.25) is 5.78 Å². The van der Waals surface area contributed by atoms with Gasteiger partial charge < -0.3 is 9.84 Å². The Labute approximate surface area is 173 Å². The smallest absolute Gasteiger partial charge is 0.303 e. The second-order valence-electron chi connectivity index (χ2n) is 10.5. The van der Waals surface area contributed by atoms with Crippen LogP contribution < -0.4 is 0 Å². The van der Waals surface area contributed by atoms with E-state index in [-0.39, 0.29) is 29.6 Å². The molecule has 29 heavy (non-hydrogen) atoms. The average Bonchev–Trinajstić information content (AvgIpc) is 2.88. The normalized spacial score (nSPS) is 46.2. The minimum absolute atomic E-state index is 0.0733. The van der Waals surface area contributed by atoms with Crippen molar-refractivity contribution >= 4 is 17.5 Å². The standard InChI is InChI=1S/C24H34O5/c1-14-11-20-18-6-5-16-12-17(26)7-9-22(16,3)19(18)8-10-23(20,4)24(14,28)21(27)13-29-15(2)25/h8,14,16,18,20,28H,5-7,9-13H2,1-4H3/t14-,16+,18-,20+,22+,23+,24+/m0/s1. The molecule has 1 N–H and O–H groups in total. The number of carbonyl (C=O) groups excluding carboxylic acids is 3. The van der Waals surface area contributed by atoms with Crippen LogP contribution in [0.3, 0.4) is 0 Å². The summed E-state index contributed by atoms with van der Waals surface area (Å²) in [5.41, 5.74) is -0.474. The summed E-state index contributed by atoms with van der Waals surface area (Å²) in [7, 11) is 0. The zero-order valence-corrected chi connectivity index (χ0v) is 18.1. The van der Waals surface area contributed by atoms with Crippen LogP contribution in [0.15, 0.2) is 11.6 Å². The van der Waals surface area contributed by atoms with Crippen LogP contribution in [0, 0.1) is 34.5 Å². The monoisotopic (exact) mass is 402 g/mol. The molecular formula is C24H34O5. The highest BCUT2D eigenvalue weighted by atomic mass is 16.5. The van der Waals surface area contributed by atoms with Gasteiger partial charge in [0, 0.05) is 25.2 Å². The van der Waals surface area contributed by atoms with Gasteiger partial charge in [0.05, 0.1) is 0 Å². The van der Waals surface area contributed by atoms with E-state index in [0.717, 1.165) is 25.7 Å². The molecule has 0 aromatic carbocycles. The molecule has 0 spiro atoms. The van der Waals surface area contributed by atoms with Crippen LogP contribution in [0.2, 0.25) is 0 Å². The summed E-state index contributed by atoms with van der Waals surface area (Å²) in [6.45, 7) is 7.27. The Morgan fingerprint density at radius 3 is 2.69 bits per heavy atom. The van der Waals surface area contributed by atoms with Crippen molar-refractivity contribution in [2.45, 2.75) is 78.2 Å². The molecule has 5 heteroatoms. The van der Waals surface area contributed by atoms with Crippen molar-refractivity contribution in [1.29, 1.82) is 0 Å². The van der Waals surface area contributed by atoms with Gasteiger partial charge in [0.25, 0.3) is 0 Å². The number of allylic oxidation sites excluding steroid dienone is 2. The number of fused-ring (bicyclic) bond motifs is 5. The van der Waals surface area contributed by atoms with Crippen molar-refractivity contribution in [2.75, 3.05) is 6.61 Å². The Bertz CT molecular complexity index is 784. The van der Waals surface area contributed by atoms with E-state index in [2.05, 4.69) is 19.9 Å². The van der Waals surface area contributed by atoms with Crippen LogP contribution in [-0.4, -0.2) is 34.9 Å². The fourth-order valence-corrected chi connectivity index (χ4v) is 7.53. The van der Waals surface area contributed by atoms with Crippen LogP contribution in [-0.2, 0) is 19.1 Å². The number of ketones is 2. The van der Waals surface area contributed by atoms with Gasteiger partial charge in [0.15, 0.2) is 6.61 Å². The van der Waals surface area contributed by atoms with Crippen molar-refractivity contribution in [1.82, 2.24) is 0 Å². The predicted molar refractivity (Wildman–Crippen MR) is 108 cm³/mol. The van der Waals surface area contributed by atoms with Gasteiger partial charge in [-0.15, -0.1) is 0 Å². The first-order chi connectivity index (χ1) is 13.5. The maximum Gasteiger partial charge on any atom is 0.303 e. The lowest BCUT2D eigenvalue weighted by Gasteiger charge is -2.56. The van der Waals surface area contributed by atoms with Crippen molar-refractivity contribution < 1.29 is 24.2 Å².